The number of hydrogen-bond acceptors (Lipinski definition) is 4. The Labute approximate surface area is 130 Å². The summed E-state index contributed by atoms with van der Waals surface area (Å²) >= 11 is 5.14. The molecule has 3 rings (SSSR count). The molecular weight excluding hydrogens is 340 g/mol. The van der Waals surface area contributed by atoms with Crippen LogP contribution in [0, 0.1) is 6.92 Å². The molecule has 0 saturated carbocycles. The van der Waals surface area contributed by atoms with Gasteiger partial charge in [-0.2, -0.15) is 0 Å². The van der Waals surface area contributed by atoms with Crippen molar-refractivity contribution >= 4 is 27.3 Å². The minimum Gasteiger partial charge on any atom is -0.490 e. The van der Waals surface area contributed by atoms with Gasteiger partial charge in [0.15, 0.2) is 11.5 Å². The van der Waals surface area contributed by atoms with Gasteiger partial charge in [0, 0.05) is 11.3 Å². The van der Waals surface area contributed by atoms with Gasteiger partial charge in [-0.25, -0.2) is 0 Å². The van der Waals surface area contributed by atoms with Gasteiger partial charge in [-0.05, 0) is 57.6 Å². The Bertz CT molecular complexity index is 624. The van der Waals surface area contributed by atoms with Gasteiger partial charge in [-0.3, -0.25) is 0 Å². The maximum absolute atomic E-state index is 10.5. The summed E-state index contributed by atoms with van der Waals surface area (Å²) in [6.45, 7) is 3.30. The Balaban J connectivity index is 2.01. The van der Waals surface area contributed by atoms with Gasteiger partial charge >= 0.3 is 0 Å². The Kier molecular flexibility index (Phi) is 4.01. The summed E-state index contributed by atoms with van der Waals surface area (Å²) in [5.41, 5.74) is 1.75. The molecule has 1 atom stereocenters. The predicted octanol–water partition coefficient (Wildman–Crippen LogP) is 4.06. The third-order valence-electron chi connectivity index (χ3n) is 3.33. The van der Waals surface area contributed by atoms with E-state index in [9.17, 15) is 5.11 Å². The minimum absolute atomic E-state index is 0.635. The van der Waals surface area contributed by atoms with Gasteiger partial charge in [0.1, 0.15) is 6.10 Å². The molecule has 0 bridgehead atoms. The van der Waals surface area contributed by atoms with Gasteiger partial charge in [-0.1, -0.05) is 0 Å². The average Bonchev–Trinajstić information content (AvgIpc) is 2.72. The van der Waals surface area contributed by atoms with Crippen molar-refractivity contribution in [3.63, 3.8) is 0 Å². The zero-order valence-electron chi connectivity index (χ0n) is 11.1. The third kappa shape index (κ3) is 2.57. The molecular formula is C15H15BrO3S. The van der Waals surface area contributed by atoms with E-state index < -0.39 is 6.10 Å². The second-order valence-electron chi connectivity index (χ2n) is 4.72. The Hall–Kier alpha value is -1.04. The molecule has 2 heterocycles. The number of aliphatic hydroxyl groups excluding tert-OH is 1. The quantitative estimate of drug-likeness (QED) is 0.883. The smallest absolute Gasteiger partial charge is 0.175 e. The lowest BCUT2D eigenvalue weighted by atomic mass is 10.0. The highest BCUT2D eigenvalue weighted by atomic mass is 79.9. The second kappa shape index (κ2) is 5.76. The van der Waals surface area contributed by atoms with E-state index in [1.165, 1.54) is 0 Å². The molecule has 1 unspecified atom stereocenters. The molecule has 1 N–H and O–H groups in total. The molecule has 1 aromatic heterocycles. The van der Waals surface area contributed by atoms with Crippen LogP contribution >= 0.6 is 27.3 Å². The SMILES string of the molecule is Cc1sccc1C(O)c1cc(Br)c2c(c1)OCCCO2. The maximum atomic E-state index is 10.5. The van der Waals surface area contributed by atoms with Gasteiger partial charge in [-0.15, -0.1) is 11.3 Å². The number of rotatable bonds is 2. The van der Waals surface area contributed by atoms with Crippen molar-refractivity contribution in [2.75, 3.05) is 13.2 Å². The van der Waals surface area contributed by atoms with Gasteiger partial charge in [0.25, 0.3) is 0 Å². The number of thiophene rings is 1. The lowest BCUT2D eigenvalue weighted by molar-refractivity contribution is 0.219. The molecule has 20 heavy (non-hydrogen) atoms. The van der Waals surface area contributed by atoms with E-state index >= 15 is 0 Å². The van der Waals surface area contributed by atoms with Crippen molar-refractivity contribution in [3.05, 3.63) is 44.1 Å². The van der Waals surface area contributed by atoms with Gasteiger partial charge < -0.3 is 14.6 Å². The van der Waals surface area contributed by atoms with E-state index in [4.69, 9.17) is 9.47 Å². The van der Waals surface area contributed by atoms with Crippen LogP contribution in [-0.4, -0.2) is 18.3 Å². The number of hydrogen-bond donors (Lipinski definition) is 1. The number of halogens is 1. The summed E-state index contributed by atoms with van der Waals surface area (Å²) in [4.78, 5) is 1.13. The van der Waals surface area contributed by atoms with Crippen LogP contribution in [0.5, 0.6) is 11.5 Å². The van der Waals surface area contributed by atoms with Gasteiger partial charge in [0.05, 0.1) is 17.7 Å². The molecule has 1 aliphatic heterocycles. The molecule has 0 aliphatic carbocycles. The van der Waals surface area contributed by atoms with E-state index in [1.807, 2.05) is 30.5 Å². The first-order valence-corrected chi connectivity index (χ1v) is 8.15. The molecule has 0 spiro atoms. The molecule has 0 fully saturated rings. The van der Waals surface area contributed by atoms with Crippen LogP contribution < -0.4 is 9.47 Å². The lowest BCUT2D eigenvalue weighted by Crippen LogP contribution is -2.02. The van der Waals surface area contributed by atoms with Crippen molar-refractivity contribution in [2.24, 2.45) is 0 Å². The van der Waals surface area contributed by atoms with E-state index in [0.29, 0.717) is 19.0 Å². The first-order chi connectivity index (χ1) is 9.66. The summed E-state index contributed by atoms with van der Waals surface area (Å²) in [6, 6.07) is 5.73. The van der Waals surface area contributed by atoms with Crippen molar-refractivity contribution in [1.82, 2.24) is 0 Å². The molecule has 5 heteroatoms. The third-order valence-corrected chi connectivity index (χ3v) is 4.78. The number of aryl methyl sites for hydroxylation is 1. The summed E-state index contributed by atoms with van der Waals surface area (Å²) in [6.07, 6.45) is 0.220. The largest absolute Gasteiger partial charge is 0.490 e. The number of fused-ring (bicyclic) bond motifs is 1. The summed E-state index contributed by atoms with van der Waals surface area (Å²) in [5.74, 6) is 1.42. The van der Waals surface area contributed by atoms with Crippen molar-refractivity contribution < 1.29 is 14.6 Å². The molecule has 1 aromatic carbocycles. The molecule has 2 aromatic rings. The molecule has 0 amide bonds. The Morgan fingerprint density at radius 1 is 1.30 bits per heavy atom. The van der Waals surface area contributed by atoms with Crippen LogP contribution in [0.4, 0.5) is 0 Å². The van der Waals surface area contributed by atoms with Crippen LogP contribution in [0.25, 0.3) is 0 Å². The highest BCUT2D eigenvalue weighted by Crippen LogP contribution is 2.41. The highest BCUT2D eigenvalue weighted by molar-refractivity contribution is 9.10. The van der Waals surface area contributed by atoms with Crippen LogP contribution in [0.1, 0.15) is 28.5 Å². The summed E-state index contributed by atoms with van der Waals surface area (Å²) < 4.78 is 12.2. The van der Waals surface area contributed by atoms with E-state index in [2.05, 4.69) is 15.9 Å². The monoisotopic (exact) mass is 354 g/mol. The minimum atomic E-state index is -0.644. The van der Waals surface area contributed by atoms with E-state index in [0.717, 1.165) is 32.6 Å². The maximum Gasteiger partial charge on any atom is 0.175 e. The lowest BCUT2D eigenvalue weighted by Gasteiger charge is -2.15. The van der Waals surface area contributed by atoms with E-state index in [1.54, 1.807) is 11.3 Å². The van der Waals surface area contributed by atoms with Crippen molar-refractivity contribution in [3.8, 4) is 11.5 Å². The summed E-state index contributed by atoms with van der Waals surface area (Å²) in [5, 5.41) is 12.5. The predicted molar refractivity (Wildman–Crippen MR) is 82.9 cm³/mol. The fourth-order valence-electron chi connectivity index (χ4n) is 2.27. The van der Waals surface area contributed by atoms with Crippen LogP contribution in [0.2, 0.25) is 0 Å². The molecule has 0 saturated heterocycles. The van der Waals surface area contributed by atoms with Gasteiger partial charge in [0.2, 0.25) is 0 Å². The second-order valence-corrected chi connectivity index (χ2v) is 6.69. The number of aliphatic hydroxyl groups is 1. The first kappa shape index (κ1) is 13.9. The van der Waals surface area contributed by atoms with Crippen LogP contribution in [0.3, 0.4) is 0 Å². The fraction of sp³-hybridized carbons (Fsp3) is 0.333. The van der Waals surface area contributed by atoms with Crippen LogP contribution in [0.15, 0.2) is 28.1 Å². The Morgan fingerprint density at radius 2 is 2.10 bits per heavy atom. The topological polar surface area (TPSA) is 38.7 Å². The zero-order chi connectivity index (χ0) is 14.1. The summed E-state index contributed by atoms with van der Waals surface area (Å²) in [7, 11) is 0. The standard InChI is InChI=1S/C15H15BrO3S/c1-9-11(3-6-20-9)14(17)10-7-12(16)15-13(8-10)18-4-2-5-19-15/h3,6-8,14,17H,2,4-5H2,1H3. The Morgan fingerprint density at radius 3 is 2.85 bits per heavy atom. The molecule has 1 aliphatic rings. The van der Waals surface area contributed by atoms with Crippen molar-refractivity contribution in [2.45, 2.75) is 19.4 Å². The normalized spacial score (nSPS) is 15.8. The van der Waals surface area contributed by atoms with Crippen LogP contribution in [-0.2, 0) is 0 Å². The van der Waals surface area contributed by atoms with Crippen molar-refractivity contribution in [1.29, 1.82) is 0 Å². The van der Waals surface area contributed by atoms with E-state index in [-0.39, 0.29) is 0 Å². The average molecular weight is 355 g/mol. The first-order valence-electron chi connectivity index (χ1n) is 6.48. The number of benzene rings is 1. The molecule has 3 nitrogen and oxygen atoms in total. The number of ether oxygens (including phenoxy) is 2. The fourth-order valence-corrected chi connectivity index (χ4v) is 3.58. The molecule has 0 radical (unpaired) electrons. The molecule has 106 valence electrons. The highest BCUT2D eigenvalue weighted by Gasteiger charge is 2.20. The zero-order valence-corrected chi connectivity index (χ0v) is 13.5.